The van der Waals surface area contributed by atoms with Crippen molar-refractivity contribution in [2.24, 2.45) is 62.0 Å². The second-order valence-electron chi connectivity index (χ2n) is 18.0. The maximum atomic E-state index is 14.0. The number of carbonyl (C=O) groups excluding carboxylic acids is 11. The van der Waals surface area contributed by atoms with Gasteiger partial charge in [0.15, 0.2) is 17.7 Å². The summed E-state index contributed by atoms with van der Waals surface area (Å²) in [4.78, 5) is 151. The van der Waals surface area contributed by atoms with Gasteiger partial charge in [0.1, 0.15) is 42.3 Å². The Labute approximate surface area is 420 Å². The number of hydrogen-bond acceptors (Lipinski definition) is 14. The lowest BCUT2D eigenvalue weighted by Crippen LogP contribution is -2.61. The van der Waals surface area contributed by atoms with Gasteiger partial charge in [0, 0.05) is 32.9 Å². The molecule has 22 N–H and O–H groups in total. The number of nitrogens with one attached hydrogen (secondary N) is 8. The van der Waals surface area contributed by atoms with E-state index >= 15 is 0 Å². The molecule has 0 rings (SSSR count). The van der Waals surface area contributed by atoms with Crippen LogP contribution in [0, 0.1) is 11.8 Å². The average molecular weight is 1020 g/mol. The van der Waals surface area contributed by atoms with Crippen LogP contribution in [-0.4, -0.2) is 145 Å². The summed E-state index contributed by atoms with van der Waals surface area (Å²) in [5.74, 6) is -9.60. The molecule has 408 valence electrons. The first-order valence-corrected chi connectivity index (χ1v) is 23.9. The molecule has 0 saturated carbocycles. The summed E-state index contributed by atoms with van der Waals surface area (Å²) in [7, 11) is 0. The van der Waals surface area contributed by atoms with Crippen LogP contribution < -0.4 is 82.7 Å². The van der Waals surface area contributed by atoms with Gasteiger partial charge in [0.25, 0.3) is 0 Å². The van der Waals surface area contributed by atoms with Crippen molar-refractivity contribution in [1.29, 1.82) is 0 Å². The van der Waals surface area contributed by atoms with Crippen molar-refractivity contribution in [2.45, 2.75) is 167 Å². The van der Waals surface area contributed by atoms with Crippen LogP contribution in [0.25, 0.3) is 0 Å². The van der Waals surface area contributed by atoms with Gasteiger partial charge < -0.3 is 82.7 Å². The van der Waals surface area contributed by atoms with Crippen molar-refractivity contribution in [2.75, 3.05) is 19.6 Å². The van der Waals surface area contributed by atoms with Gasteiger partial charge in [-0.3, -0.25) is 62.7 Å². The van der Waals surface area contributed by atoms with E-state index in [0.29, 0.717) is 12.8 Å². The number of Topliss-reactive ketones (excluding diaryl/α,β-unsaturated/α-hetero) is 1. The van der Waals surface area contributed by atoms with Crippen LogP contribution in [-0.2, 0) is 52.7 Å². The molecule has 0 aliphatic rings. The van der Waals surface area contributed by atoms with Crippen molar-refractivity contribution >= 4 is 76.8 Å². The van der Waals surface area contributed by atoms with Gasteiger partial charge in [-0.15, -0.1) is 0 Å². The van der Waals surface area contributed by atoms with E-state index in [0.717, 1.165) is 0 Å². The fraction of sp³-hybridized carbons (Fsp3) is 0.705. The maximum absolute atomic E-state index is 14.0. The number of hydrogen-bond donors (Lipinski definition) is 15. The number of guanidine groups is 2. The van der Waals surface area contributed by atoms with Gasteiger partial charge in [-0.25, -0.2) is 0 Å². The number of carbonyl (C=O) groups is 11. The second-order valence-corrected chi connectivity index (χ2v) is 18.0. The number of unbranched alkanes of at least 4 members (excludes halogenated alkanes) is 1. The Balaban J connectivity index is 6.57. The zero-order valence-electron chi connectivity index (χ0n) is 42.6. The Morgan fingerprint density at radius 1 is 0.403 bits per heavy atom. The van der Waals surface area contributed by atoms with Gasteiger partial charge >= 0.3 is 0 Å². The maximum Gasteiger partial charge on any atom is 0.243 e. The van der Waals surface area contributed by atoms with Crippen LogP contribution in [0.5, 0.6) is 0 Å². The van der Waals surface area contributed by atoms with Crippen LogP contribution in [0.4, 0.5) is 0 Å². The third kappa shape index (κ3) is 27.3. The lowest BCUT2D eigenvalue weighted by atomic mass is 9.98. The van der Waals surface area contributed by atoms with Crippen molar-refractivity contribution in [3.63, 3.8) is 0 Å². The summed E-state index contributed by atoms with van der Waals surface area (Å²) in [6, 6.07) is -10.0. The first kappa shape index (κ1) is 64.9. The molecule has 8 atom stereocenters. The van der Waals surface area contributed by atoms with Crippen LogP contribution >= 0.6 is 0 Å². The van der Waals surface area contributed by atoms with E-state index in [-0.39, 0.29) is 89.3 Å². The van der Waals surface area contributed by atoms with E-state index in [1.54, 1.807) is 27.7 Å². The molecule has 0 heterocycles. The number of ketones is 1. The Morgan fingerprint density at radius 3 is 1.15 bits per heavy atom. The van der Waals surface area contributed by atoms with Gasteiger partial charge in [-0.2, -0.15) is 0 Å². The summed E-state index contributed by atoms with van der Waals surface area (Å²) in [5, 5.41) is 20.6. The van der Waals surface area contributed by atoms with E-state index in [1.807, 2.05) is 0 Å². The molecular formula is C44H81N17O11. The molecule has 0 aliphatic carbocycles. The minimum atomic E-state index is -1.35. The lowest BCUT2D eigenvalue weighted by molar-refractivity contribution is -0.136. The molecule has 10 amide bonds. The van der Waals surface area contributed by atoms with Crippen LogP contribution in [0.2, 0.25) is 0 Å². The summed E-state index contributed by atoms with van der Waals surface area (Å²) >= 11 is 0. The Hall–Kier alpha value is -7.13. The molecule has 0 saturated heterocycles. The molecule has 28 nitrogen and oxygen atoms in total. The lowest BCUT2D eigenvalue weighted by Gasteiger charge is -2.29. The van der Waals surface area contributed by atoms with Crippen LogP contribution in [0.3, 0.4) is 0 Å². The third-order valence-corrected chi connectivity index (χ3v) is 10.8. The van der Waals surface area contributed by atoms with Gasteiger partial charge in [-0.1, -0.05) is 27.7 Å². The zero-order chi connectivity index (χ0) is 55.2. The van der Waals surface area contributed by atoms with Crippen molar-refractivity contribution in [3.8, 4) is 0 Å². The third-order valence-electron chi connectivity index (χ3n) is 10.8. The number of primary amides is 2. The number of aliphatic imine (C=N–C) groups is 2. The molecule has 72 heavy (non-hydrogen) atoms. The highest BCUT2D eigenvalue weighted by molar-refractivity contribution is 5.98. The second kappa shape index (κ2) is 34.2. The summed E-state index contributed by atoms with van der Waals surface area (Å²) in [6.45, 7) is 10.6. The van der Waals surface area contributed by atoms with E-state index < -0.39 is 125 Å². The molecule has 0 aliphatic heterocycles. The molecule has 0 bridgehead atoms. The summed E-state index contributed by atoms with van der Waals surface area (Å²) in [6.07, 6.45) is 0.504. The quantitative estimate of drug-likeness (QED) is 0.0158. The molecular weight excluding hydrogens is 943 g/mol. The highest BCUT2D eigenvalue weighted by atomic mass is 16.2. The molecule has 28 heteroatoms. The predicted octanol–water partition coefficient (Wildman–Crippen LogP) is -5.43. The van der Waals surface area contributed by atoms with Gasteiger partial charge in [0.2, 0.25) is 59.1 Å². The van der Waals surface area contributed by atoms with Crippen LogP contribution in [0.15, 0.2) is 9.98 Å². The van der Waals surface area contributed by atoms with Crippen LogP contribution in [0.1, 0.15) is 119 Å². The van der Waals surface area contributed by atoms with E-state index in [1.165, 1.54) is 20.8 Å². The standard InChI is InChI=1S/C44H81N17O11/c1-22(2)34(61-42(72)35(23(3)4)60-40(70)31(55-26(7)63)16-18-33(47)65)41(71)59-29(13-10-20-52-43(48)49)37(67)54-24(5)36(66)57-30(14-11-21-53-44(50)51)39(69)58-28(12-8-9-19-45)38(68)56-27(25(6)62)15-17-32(46)64/h22-24,27-31,34-35H,8-21,45H2,1-7H3,(H2,46,64)(H2,47,65)(H,54,67)(H,55,63)(H,56,68)(H,57,66)(H,58,69)(H,59,71)(H,60,70)(H,61,72)(H4,48,49,52)(H4,50,51,53). The fourth-order valence-corrected chi connectivity index (χ4v) is 6.82. The summed E-state index contributed by atoms with van der Waals surface area (Å²) < 4.78 is 0. The SMILES string of the molecule is CC(=O)NC(CCC(N)=O)C(=O)NC(C(=O)NC(C(=O)NC(CCCN=C(N)N)C(=O)NC(C)C(=O)NC(CCCN=C(N)N)C(=O)NC(CCCCN)C(=O)NC(CCC(N)=O)C(C)=O)C(C)C)C(C)C. The highest BCUT2D eigenvalue weighted by Gasteiger charge is 2.35. The molecule has 0 spiro atoms. The minimum Gasteiger partial charge on any atom is -0.370 e. The molecule has 0 aromatic heterocycles. The predicted molar refractivity (Wildman–Crippen MR) is 267 cm³/mol. The van der Waals surface area contributed by atoms with Crippen molar-refractivity contribution in [3.05, 3.63) is 0 Å². The van der Waals surface area contributed by atoms with E-state index in [9.17, 15) is 52.7 Å². The minimum absolute atomic E-state index is 0.0434. The zero-order valence-corrected chi connectivity index (χ0v) is 42.6. The number of amides is 10. The van der Waals surface area contributed by atoms with Gasteiger partial charge in [-0.05, 0) is 90.0 Å². The first-order valence-electron chi connectivity index (χ1n) is 23.9. The highest BCUT2D eigenvalue weighted by Crippen LogP contribution is 2.11. The topological polar surface area (TPSA) is 491 Å². The van der Waals surface area contributed by atoms with Gasteiger partial charge in [0.05, 0.1) is 6.04 Å². The number of nitrogens with two attached hydrogens (primary N) is 7. The average Bonchev–Trinajstić information content (AvgIpc) is 3.27. The normalized spacial score (nSPS) is 14.2. The molecule has 0 fully saturated rings. The van der Waals surface area contributed by atoms with Crippen molar-refractivity contribution in [1.82, 2.24) is 42.5 Å². The monoisotopic (exact) mass is 1020 g/mol. The number of nitrogens with zero attached hydrogens (tertiary/aromatic N) is 2. The van der Waals surface area contributed by atoms with E-state index in [2.05, 4.69) is 52.5 Å². The van der Waals surface area contributed by atoms with E-state index in [4.69, 9.17) is 40.1 Å². The van der Waals surface area contributed by atoms with Crippen molar-refractivity contribution < 1.29 is 52.7 Å². The Kier molecular flexibility index (Phi) is 30.8. The molecule has 0 aromatic rings. The molecule has 8 unspecified atom stereocenters. The largest absolute Gasteiger partial charge is 0.370 e. The fourth-order valence-electron chi connectivity index (χ4n) is 6.82. The number of rotatable bonds is 36. The Morgan fingerprint density at radius 2 is 0.750 bits per heavy atom. The smallest absolute Gasteiger partial charge is 0.243 e. The first-order chi connectivity index (χ1) is 33.6. The molecule has 0 aromatic carbocycles. The Bertz CT molecular complexity index is 1920. The summed E-state index contributed by atoms with van der Waals surface area (Å²) in [5.41, 5.74) is 38.0. The molecule has 0 radical (unpaired) electrons.